The van der Waals surface area contributed by atoms with Gasteiger partial charge in [-0.1, -0.05) is 24.3 Å². The Labute approximate surface area is 85.5 Å². The molecule has 4 heteroatoms. The summed E-state index contributed by atoms with van der Waals surface area (Å²) in [5.41, 5.74) is 0.420. The molecule has 2 nitrogen and oxygen atoms in total. The summed E-state index contributed by atoms with van der Waals surface area (Å²) < 4.78 is 27.1. The summed E-state index contributed by atoms with van der Waals surface area (Å²) in [7, 11) is 0. The molecule has 0 aliphatic heterocycles. The summed E-state index contributed by atoms with van der Waals surface area (Å²) in [6, 6.07) is 6.14. The SMILES string of the molecule is O=C(O)C1Cc2ccccc2C(F)(F)C1. The van der Waals surface area contributed by atoms with Gasteiger partial charge in [0.15, 0.2) is 0 Å². The Kier molecular flexibility index (Phi) is 2.21. The summed E-state index contributed by atoms with van der Waals surface area (Å²) in [6.07, 6.45) is -0.402. The van der Waals surface area contributed by atoms with Gasteiger partial charge >= 0.3 is 5.97 Å². The van der Waals surface area contributed by atoms with Crippen LogP contribution in [0.25, 0.3) is 0 Å². The smallest absolute Gasteiger partial charge is 0.307 e. The summed E-state index contributed by atoms with van der Waals surface area (Å²) in [4.78, 5) is 10.7. The Hall–Kier alpha value is -1.45. The molecule has 1 aromatic rings. The largest absolute Gasteiger partial charge is 0.481 e. The number of benzene rings is 1. The minimum atomic E-state index is -3.02. The zero-order valence-corrected chi connectivity index (χ0v) is 7.91. The Morgan fingerprint density at radius 1 is 1.40 bits per heavy atom. The number of fused-ring (bicyclic) bond motifs is 1. The number of carboxylic acid groups (broad SMARTS) is 1. The first-order valence-electron chi connectivity index (χ1n) is 4.70. The van der Waals surface area contributed by atoms with Gasteiger partial charge in [0.25, 0.3) is 5.92 Å². The molecule has 0 saturated carbocycles. The zero-order chi connectivity index (χ0) is 11.1. The number of halogens is 2. The van der Waals surface area contributed by atoms with E-state index in [0.717, 1.165) is 0 Å². The Balaban J connectivity index is 2.43. The summed E-state index contributed by atoms with van der Waals surface area (Å²) in [6.45, 7) is 0. The van der Waals surface area contributed by atoms with Crippen LogP contribution in [0.1, 0.15) is 17.5 Å². The molecule has 1 atom stereocenters. The van der Waals surface area contributed by atoms with E-state index >= 15 is 0 Å². The van der Waals surface area contributed by atoms with Crippen LogP contribution in [0.15, 0.2) is 24.3 Å². The van der Waals surface area contributed by atoms with Crippen LogP contribution in [0, 0.1) is 5.92 Å². The standard InChI is InChI=1S/C11H10F2O2/c12-11(13)6-8(10(14)15)5-7-3-1-2-4-9(7)11/h1-4,8H,5-6H2,(H,14,15). The van der Waals surface area contributed by atoms with Crippen molar-refractivity contribution in [2.75, 3.05) is 0 Å². The molecule has 1 aromatic carbocycles. The van der Waals surface area contributed by atoms with Crippen molar-refractivity contribution in [1.29, 1.82) is 0 Å². The van der Waals surface area contributed by atoms with Crippen molar-refractivity contribution in [2.24, 2.45) is 5.92 Å². The molecule has 1 unspecified atom stereocenters. The van der Waals surface area contributed by atoms with Crippen molar-refractivity contribution in [1.82, 2.24) is 0 Å². The van der Waals surface area contributed by atoms with Gasteiger partial charge in [0, 0.05) is 12.0 Å². The van der Waals surface area contributed by atoms with Crippen molar-refractivity contribution < 1.29 is 18.7 Å². The van der Waals surface area contributed by atoms with E-state index < -0.39 is 24.2 Å². The normalized spacial score (nSPS) is 23.2. The van der Waals surface area contributed by atoms with Crippen LogP contribution in [0.4, 0.5) is 8.78 Å². The second-order valence-electron chi connectivity index (χ2n) is 3.81. The van der Waals surface area contributed by atoms with Gasteiger partial charge < -0.3 is 5.11 Å². The van der Waals surface area contributed by atoms with Crippen LogP contribution >= 0.6 is 0 Å². The molecule has 0 bridgehead atoms. The minimum Gasteiger partial charge on any atom is -0.481 e. The third kappa shape index (κ3) is 1.71. The highest BCUT2D eigenvalue weighted by atomic mass is 19.3. The Morgan fingerprint density at radius 3 is 2.73 bits per heavy atom. The number of aliphatic carboxylic acids is 1. The molecular formula is C11H10F2O2. The van der Waals surface area contributed by atoms with Crippen LogP contribution in [-0.4, -0.2) is 11.1 Å². The van der Waals surface area contributed by atoms with E-state index in [-0.39, 0.29) is 12.0 Å². The monoisotopic (exact) mass is 212 g/mol. The van der Waals surface area contributed by atoms with Gasteiger partial charge in [-0.3, -0.25) is 4.79 Å². The second-order valence-corrected chi connectivity index (χ2v) is 3.81. The highest BCUT2D eigenvalue weighted by molar-refractivity contribution is 5.71. The van der Waals surface area contributed by atoms with Crippen LogP contribution in [-0.2, 0) is 17.1 Å². The molecule has 15 heavy (non-hydrogen) atoms. The molecule has 0 spiro atoms. The van der Waals surface area contributed by atoms with Crippen LogP contribution in [0.2, 0.25) is 0 Å². The number of alkyl halides is 2. The quantitative estimate of drug-likeness (QED) is 0.776. The van der Waals surface area contributed by atoms with Gasteiger partial charge in [0.05, 0.1) is 5.92 Å². The molecular weight excluding hydrogens is 202 g/mol. The van der Waals surface area contributed by atoms with Crippen molar-refractivity contribution in [3.8, 4) is 0 Å². The molecule has 0 fully saturated rings. The van der Waals surface area contributed by atoms with Gasteiger partial charge in [-0.2, -0.15) is 0 Å². The average molecular weight is 212 g/mol. The Bertz CT molecular complexity index is 401. The number of hydrogen-bond donors (Lipinski definition) is 1. The van der Waals surface area contributed by atoms with Gasteiger partial charge in [-0.05, 0) is 12.0 Å². The van der Waals surface area contributed by atoms with Crippen molar-refractivity contribution in [3.63, 3.8) is 0 Å². The van der Waals surface area contributed by atoms with E-state index in [4.69, 9.17) is 5.11 Å². The molecule has 0 amide bonds. The second kappa shape index (κ2) is 3.29. The lowest BCUT2D eigenvalue weighted by Gasteiger charge is -2.29. The first-order chi connectivity index (χ1) is 7.00. The molecule has 2 rings (SSSR count). The van der Waals surface area contributed by atoms with E-state index in [1.807, 2.05) is 0 Å². The minimum absolute atomic E-state index is 0.0255. The van der Waals surface area contributed by atoms with E-state index in [1.165, 1.54) is 6.07 Å². The van der Waals surface area contributed by atoms with E-state index in [9.17, 15) is 13.6 Å². The predicted octanol–water partition coefficient (Wildman–Crippen LogP) is 2.43. The van der Waals surface area contributed by atoms with E-state index in [0.29, 0.717) is 5.56 Å². The zero-order valence-electron chi connectivity index (χ0n) is 7.91. The molecule has 1 aliphatic rings. The lowest BCUT2D eigenvalue weighted by atomic mass is 9.81. The van der Waals surface area contributed by atoms with Gasteiger partial charge in [-0.25, -0.2) is 8.78 Å². The molecule has 0 saturated heterocycles. The first kappa shape index (κ1) is 10.1. The molecule has 1 aliphatic carbocycles. The third-order valence-electron chi connectivity index (χ3n) is 2.73. The lowest BCUT2D eigenvalue weighted by molar-refractivity contribution is -0.146. The fourth-order valence-corrected chi connectivity index (χ4v) is 1.99. The fraction of sp³-hybridized carbons (Fsp3) is 0.364. The maximum Gasteiger partial charge on any atom is 0.307 e. The van der Waals surface area contributed by atoms with E-state index in [2.05, 4.69) is 0 Å². The number of rotatable bonds is 1. The highest BCUT2D eigenvalue weighted by Crippen LogP contribution is 2.42. The summed E-state index contributed by atoms with van der Waals surface area (Å²) in [5.74, 6) is -5.14. The van der Waals surface area contributed by atoms with Gasteiger partial charge in [0.2, 0.25) is 0 Å². The highest BCUT2D eigenvalue weighted by Gasteiger charge is 2.43. The molecule has 1 N–H and O–H groups in total. The summed E-state index contributed by atoms with van der Waals surface area (Å²) >= 11 is 0. The molecule has 0 aromatic heterocycles. The van der Waals surface area contributed by atoms with Gasteiger partial charge in [0.1, 0.15) is 0 Å². The van der Waals surface area contributed by atoms with Crippen molar-refractivity contribution in [3.05, 3.63) is 35.4 Å². The maximum absolute atomic E-state index is 13.5. The third-order valence-corrected chi connectivity index (χ3v) is 2.73. The molecule has 0 heterocycles. The van der Waals surface area contributed by atoms with E-state index in [1.54, 1.807) is 18.2 Å². The van der Waals surface area contributed by atoms with Crippen LogP contribution in [0.5, 0.6) is 0 Å². The summed E-state index contributed by atoms with van der Waals surface area (Å²) in [5, 5.41) is 8.76. The fourth-order valence-electron chi connectivity index (χ4n) is 1.99. The predicted molar refractivity (Wildman–Crippen MR) is 49.8 cm³/mol. The number of carboxylic acids is 1. The van der Waals surface area contributed by atoms with Gasteiger partial charge in [-0.15, -0.1) is 0 Å². The van der Waals surface area contributed by atoms with Crippen molar-refractivity contribution >= 4 is 5.97 Å². The maximum atomic E-state index is 13.5. The first-order valence-corrected chi connectivity index (χ1v) is 4.70. The number of hydrogen-bond acceptors (Lipinski definition) is 1. The van der Waals surface area contributed by atoms with Crippen molar-refractivity contribution in [2.45, 2.75) is 18.8 Å². The lowest BCUT2D eigenvalue weighted by Crippen LogP contribution is -2.31. The molecule has 80 valence electrons. The average Bonchev–Trinajstić information content (AvgIpc) is 2.16. The topological polar surface area (TPSA) is 37.3 Å². The van der Waals surface area contributed by atoms with Crippen LogP contribution < -0.4 is 0 Å². The van der Waals surface area contributed by atoms with Crippen LogP contribution in [0.3, 0.4) is 0 Å². The Morgan fingerprint density at radius 2 is 2.07 bits per heavy atom. The molecule has 0 radical (unpaired) electrons. The number of carbonyl (C=O) groups is 1.